The van der Waals surface area contributed by atoms with Crippen LogP contribution in [-0.4, -0.2) is 85.5 Å². The van der Waals surface area contributed by atoms with Crippen LogP contribution in [0.25, 0.3) is 0 Å². The molecule has 3 rings (SSSR count). The number of H-pyrrole nitrogens is 1. The van der Waals surface area contributed by atoms with E-state index in [9.17, 15) is 21.6 Å². The maximum Gasteiger partial charge on any atom is 0.260 e. The zero-order chi connectivity index (χ0) is 22.6. The summed E-state index contributed by atoms with van der Waals surface area (Å²) in [5, 5.41) is 0.0253. The smallest absolute Gasteiger partial charge is 0.260 e. The lowest BCUT2D eigenvalue weighted by Gasteiger charge is -2.22. The molecule has 0 aliphatic carbocycles. The molecular formula is C19H27N5O5S2. The number of imidazole rings is 1. The molecule has 170 valence electrons. The van der Waals surface area contributed by atoms with E-state index in [0.717, 1.165) is 0 Å². The number of sulfonamides is 2. The number of rotatable bonds is 7. The Hall–Kier alpha value is -2.28. The third-order valence-electron chi connectivity index (χ3n) is 5.28. The monoisotopic (exact) mass is 469 g/mol. The third kappa shape index (κ3) is 4.81. The summed E-state index contributed by atoms with van der Waals surface area (Å²) in [4.78, 5) is 21.0. The standard InChI is InChI=1S/C19H27N5O5S2/c1-3-23(4-2)30(26,27)17-8-6-16(7-9-17)19(25)22-10-5-11-24(13-12-22)31(28,29)18-14-20-15-21-18/h6-9,14-15H,3-5,10-13H2,1-2H3,(H,20,21). The Balaban J connectivity index is 1.71. The summed E-state index contributed by atoms with van der Waals surface area (Å²) in [6, 6.07) is 5.88. The topological polar surface area (TPSA) is 124 Å². The van der Waals surface area contributed by atoms with Gasteiger partial charge in [0, 0.05) is 44.8 Å². The summed E-state index contributed by atoms with van der Waals surface area (Å²) in [6.45, 7) is 5.39. The molecule has 12 heteroatoms. The molecule has 0 radical (unpaired) electrons. The van der Waals surface area contributed by atoms with Crippen LogP contribution in [0, 0.1) is 0 Å². The summed E-state index contributed by atoms with van der Waals surface area (Å²) in [7, 11) is -7.28. The van der Waals surface area contributed by atoms with E-state index in [2.05, 4.69) is 9.97 Å². The lowest BCUT2D eigenvalue weighted by molar-refractivity contribution is 0.0764. The summed E-state index contributed by atoms with van der Waals surface area (Å²) in [6.07, 6.45) is 3.06. The van der Waals surface area contributed by atoms with Crippen molar-refractivity contribution >= 4 is 26.0 Å². The number of carbonyl (C=O) groups excluding carboxylic acids is 1. The zero-order valence-electron chi connectivity index (χ0n) is 17.6. The first-order valence-electron chi connectivity index (χ1n) is 10.1. The van der Waals surface area contributed by atoms with Gasteiger partial charge in [0.05, 0.1) is 17.4 Å². The van der Waals surface area contributed by atoms with E-state index in [1.807, 2.05) is 0 Å². The molecular weight excluding hydrogens is 442 g/mol. The molecule has 1 aromatic heterocycles. The molecule has 1 aliphatic rings. The van der Waals surface area contributed by atoms with E-state index in [1.165, 1.54) is 45.4 Å². The predicted octanol–water partition coefficient (Wildman–Crippen LogP) is 0.977. The van der Waals surface area contributed by atoms with Crippen molar-refractivity contribution in [2.24, 2.45) is 0 Å². The van der Waals surface area contributed by atoms with Crippen LogP contribution in [-0.2, 0) is 20.0 Å². The highest BCUT2D eigenvalue weighted by Gasteiger charge is 2.29. The number of hydrogen-bond donors (Lipinski definition) is 1. The first kappa shape index (κ1) is 23.4. The van der Waals surface area contributed by atoms with Gasteiger partial charge in [0.25, 0.3) is 15.9 Å². The Labute approximate surface area is 183 Å². The lowest BCUT2D eigenvalue weighted by atomic mass is 10.2. The number of carbonyl (C=O) groups is 1. The van der Waals surface area contributed by atoms with Gasteiger partial charge in [-0.1, -0.05) is 13.8 Å². The molecule has 1 N–H and O–H groups in total. The Kier molecular flexibility index (Phi) is 7.14. The molecule has 0 saturated carbocycles. The van der Waals surface area contributed by atoms with E-state index >= 15 is 0 Å². The summed E-state index contributed by atoms with van der Waals surface area (Å²) >= 11 is 0. The van der Waals surface area contributed by atoms with Crippen LogP contribution in [0.3, 0.4) is 0 Å². The van der Waals surface area contributed by atoms with Crippen LogP contribution in [0.2, 0.25) is 0 Å². The fourth-order valence-corrected chi connectivity index (χ4v) is 6.35. The summed E-state index contributed by atoms with van der Waals surface area (Å²) in [5.41, 5.74) is 0.364. The fourth-order valence-electron chi connectivity index (χ4n) is 3.53. The fraction of sp³-hybridized carbons (Fsp3) is 0.474. The number of benzene rings is 1. The number of aromatic amines is 1. The molecule has 1 saturated heterocycles. The maximum absolute atomic E-state index is 12.9. The van der Waals surface area contributed by atoms with Gasteiger partial charge in [0.1, 0.15) is 0 Å². The van der Waals surface area contributed by atoms with Gasteiger partial charge >= 0.3 is 0 Å². The molecule has 1 amide bonds. The van der Waals surface area contributed by atoms with Gasteiger partial charge in [-0.3, -0.25) is 4.79 Å². The van der Waals surface area contributed by atoms with E-state index in [0.29, 0.717) is 38.2 Å². The van der Waals surface area contributed by atoms with Crippen molar-refractivity contribution in [2.75, 3.05) is 39.3 Å². The molecule has 0 atom stereocenters. The van der Waals surface area contributed by atoms with Gasteiger partial charge in [-0.2, -0.15) is 8.61 Å². The molecule has 0 unspecified atom stereocenters. The van der Waals surface area contributed by atoms with Crippen LogP contribution in [0.15, 0.2) is 46.7 Å². The molecule has 31 heavy (non-hydrogen) atoms. The zero-order valence-corrected chi connectivity index (χ0v) is 19.2. The van der Waals surface area contributed by atoms with Gasteiger partial charge in [-0.25, -0.2) is 21.8 Å². The normalized spacial score (nSPS) is 16.4. The van der Waals surface area contributed by atoms with E-state index in [1.54, 1.807) is 18.7 Å². The molecule has 0 bridgehead atoms. The Morgan fingerprint density at radius 1 is 1.03 bits per heavy atom. The first-order valence-corrected chi connectivity index (χ1v) is 13.0. The molecule has 0 spiro atoms. The number of aromatic nitrogens is 2. The molecule has 2 heterocycles. The quantitative estimate of drug-likeness (QED) is 0.645. The highest BCUT2D eigenvalue weighted by molar-refractivity contribution is 7.89. The second-order valence-electron chi connectivity index (χ2n) is 7.08. The minimum atomic E-state index is -3.69. The van der Waals surface area contributed by atoms with Gasteiger partial charge in [0.2, 0.25) is 10.0 Å². The molecule has 1 aromatic carbocycles. The first-order chi connectivity index (χ1) is 14.7. The number of amides is 1. The third-order valence-corrected chi connectivity index (χ3v) is 9.17. The molecule has 1 fully saturated rings. The van der Waals surface area contributed by atoms with Crippen molar-refractivity contribution < 1.29 is 21.6 Å². The SMILES string of the molecule is CCN(CC)S(=O)(=O)c1ccc(C(=O)N2CCCN(S(=O)(=O)c3cnc[nH]3)CC2)cc1. The summed E-state index contributed by atoms with van der Waals surface area (Å²) in [5.74, 6) is -0.257. The lowest BCUT2D eigenvalue weighted by Crippen LogP contribution is -2.37. The average Bonchev–Trinajstić information content (AvgIpc) is 3.19. The van der Waals surface area contributed by atoms with Crippen molar-refractivity contribution in [3.05, 3.63) is 42.4 Å². The maximum atomic E-state index is 12.9. The Morgan fingerprint density at radius 3 is 2.29 bits per heavy atom. The van der Waals surface area contributed by atoms with Crippen molar-refractivity contribution in [2.45, 2.75) is 30.2 Å². The molecule has 10 nitrogen and oxygen atoms in total. The van der Waals surface area contributed by atoms with E-state index in [-0.39, 0.29) is 28.9 Å². The van der Waals surface area contributed by atoms with Crippen LogP contribution >= 0.6 is 0 Å². The largest absolute Gasteiger partial charge is 0.337 e. The van der Waals surface area contributed by atoms with Gasteiger partial charge < -0.3 is 9.88 Å². The second kappa shape index (κ2) is 9.47. The predicted molar refractivity (Wildman–Crippen MR) is 114 cm³/mol. The van der Waals surface area contributed by atoms with Crippen LogP contribution < -0.4 is 0 Å². The van der Waals surface area contributed by atoms with Crippen LogP contribution in [0.4, 0.5) is 0 Å². The van der Waals surface area contributed by atoms with Gasteiger partial charge in [0.15, 0.2) is 5.03 Å². The Bertz CT molecular complexity index is 1100. The van der Waals surface area contributed by atoms with Crippen molar-refractivity contribution in [1.82, 2.24) is 23.5 Å². The Morgan fingerprint density at radius 2 is 1.71 bits per heavy atom. The second-order valence-corrected chi connectivity index (χ2v) is 10.9. The highest BCUT2D eigenvalue weighted by atomic mass is 32.2. The highest BCUT2D eigenvalue weighted by Crippen LogP contribution is 2.19. The van der Waals surface area contributed by atoms with Gasteiger partial charge in [-0.05, 0) is 30.7 Å². The minimum Gasteiger partial charge on any atom is -0.337 e. The van der Waals surface area contributed by atoms with Crippen molar-refractivity contribution in [3.8, 4) is 0 Å². The molecule has 2 aromatic rings. The van der Waals surface area contributed by atoms with Gasteiger partial charge in [-0.15, -0.1) is 0 Å². The minimum absolute atomic E-state index is 0.0253. The van der Waals surface area contributed by atoms with E-state index < -0.39 is 20.0 Å². The van der Waals surface area contributed by atoms with Crippen molar-refractivity contribution in [3.63, 3.8) is 0 Å². The number of nitrogens with zero attached hydrogens (tertiary/aromatic N) is 4. The number of nitrogens with one attached hydrogen (secondary N) is 1. The number of hydrogen-bond acceptors (Lipinski definition) is 6. The van der Waals surface area contributed by atoms with Crippen LogP contribution in [0.5, 0.6) is 0 Å². The van der Waals surface area contributed by atoms with Crippen molar-refractivity contribution in [1.29, 1.82) is 0 Å². The summed E-state index contributed by atoms with van der Waals surface area (Å²) < 4.78 is 53.3. The van der Waals surface area contributed by atoms with Crippen LogP contribution in [0.1, 0.15) is 30.6 Å². The molecule has 1 aliphatic heterocycles. The average molecular weight is 470 g/mol. The van der Waals surface area contributed by atoms with E-state index in [4.69, 9.17) is 0 Å².